The van der Waals surface area contributed by atoms with Crippen LogP contribution >= 0.6 is 0 Å². The van der Waals surface area contributed by atoms with Gasteiger partial charge in [-0.1, -0.05) is 11.6 Å². The summed E-state index contributed by atoms with van der Waals surface area (Å²) >= 11 is 0. The van der Waals surface area contributed by atoms with Crippen LogP contribution in [0.4, 0.5) is 10.5 Å². The molecule has 1 aliphatic carbocycles. The molecular formula is C26H34N2O5. The molecule has 5 atom stereocenters. The molecule has 33 heavy (non-hydrogen) atoms. The summed E-state index contributed by atoms with van der Waals surface area (Å²) < 4.78 is 17.0. The maximum absolute atomic E-state index is 13.9. The first-order chi connectivity index (χ1) is 15.6. The molecule has 5 aliphatic rings. The highest BCUT2D eigenvalue weighted by Gasteiger charge is 2.77. The zero-order valence-corrected chi connectivity index (χ0v) is 20.4. The van der Waals surface area contributed by atoms with E-state index in [0.29, 0.717) is 0 Å². The Kier molecular flexibility index (Phi) is 4.88. The number of benzene rings is 1. The SMILES string of the molecule is C/C=C1/CN2CC[C@@]34c5cc(OC)ccc5N(C(=O)OC(C)(C)C)[C@@]23CC[C@@H]1[C@H]4C(=O)OC. The molecule has 4 heterocycles. The van der Waals surface area contributed by atoms with Crippen LogP contribution in [0.3, 0.4) is 0 Å². The molecule has 1 unspecified atom stereocenters. The molecule has 178 valence electrons. The number of methoxy groups -OCH3 is 2. The lowest BCUT2D eigenvalue weighted by atomic mass is 9.54. The van der Waals surface area contributed by atoms with Crippen molar-refractivity contribution in [2.24, 2.45) is 11.8 Å². The number of hydrogen-bond donors (Lipinski definition) is 0. The Morgan fingerprint density at radius 1 is 1.18 bits per heavy atom. The van der Waals surface area contributed by atoms with Gasteiger partial charge in [0.05, 0.1) is 31.2 Å². The molecule has 0 radical (unpaired) electrons. The maximum Gasteiger partial charge on any atom is 0.416 e. The van der Waals surface area contributed by atoms with E-state index in [0.717, 1.165) is 49.4 Å². The Hall–Kier alpha value is -2.54. The Bertz CT molecular complexity index is 1040. The smallest absolute Gasteiger partial charge is 0.416 e. The van der Waals surface area contributed by atoms with E-state index in [4.69, 9.17) is 14.2 Å². The molecule has 3 saturated heterocycles. The molecule has 0 N–H and O–H groups in total. The number of hydrogen-bond acceptors (Lipinski definition) is 6. The molecule has 7 heteroatoms. The molecule has 1 amide bonds. The lowest BCUT2D eigenvalue weighted by Gasteiger charge is -2.54. The number of anilines is 1. The minimum atomic E-state index is -0.676. The number of amides is 1. The number of rotatable bonds is 2. The highest BCUT2D eigenvalue weighted by Crippen LogP contribution is 2.70. The number of ether oxygens (including phenoxy) is 3. The van der Waals surface area contributed by atoms with Crippen molar-refractivity contribution in [2.45, 2.75) is 63.6 Å². The minimum Gasteiger partial charge on any atom is -0.497 e. The van der Waals surface area contributed by atoms with Gasteiger partial charge in [-0.2, -0.15) is 0 Å². The van der Waals surface area contributed by atoms with Gasteiger partial charge in [-0.25, -0.2) is 4.79 Å². The first-order valence-electron chi connectivity index (χ1n) is 11.8. The van der Waals surface area contributed by atoms with Crippen LogP contribution in [0.1, 0.15) is 52.5 Å². The van der Waals surface area contributed by atoms with Crippen LogP contribution in [-0.2, 0) is 19.7 Å². The zero-order chi connectivity index (χ0) is 23.8. The fourth-order valence-electron chi connectivity index (χ4n) is 7.30. The first-order valence-corrected chi connectivity index (χ1v) is 11.8. The molecule has 1 aromatic rings. The Labute approximate surface area is 195 Å². The van der Waals surface area contributed by atoms with E-state index in [1.807, 2.05) is 50.8 Å². The predicted octanol–water partition coefficient (Wildman–Crippen LogP) is 4.25. The average molecular weight is 455 g/mol. The molecule has 4 aliphatic heterocycles. The summed E-state index contributed by atoms with van der Waals surface area (Å²) in [5.74, 6) is 0.219. The van der Waals surface area contributed by atoms with E-state index in [-0.39, 0.29) is 23.9 Å². The van der Waals surface area contributed by atoms with Crippen LogP contribution in [0, 0.1) is 11.8 Å². The van der Waals surface area contributed by atoms with E-state index in [2.05, 4.69) is 11.0 Å². The second-order valence-corrected chi connectivity index (χ2v) is 10.7. The minimum absolute atomic E-state index is 0.0820. The second-order valence-electron chi connectivity index (χ2n) is 10.7. The van der Waals surface area contributed by atoms with E-state index in [9.17, 15) is 9.59 Å². The van der Waals surface area contributed by atoms with Crippen molar-refractivity contribution in [1.82, 2.24) is 4.90 Å². The molecule has 4 bridgehead atoms. The summed E-state index contributed by atoms with van der Waals surface area (Å²) in [4.78, 5) is 31.7. The van der Waals surface area contributed by atoms with Crippen molar-refractivity contribution in [1.29, 1.82) is 0 Å². The van der Waals surface area contributed by atoms with E-state index in [1.54, 1.807) is 7.11 Å². The molecular weight excluding hydrogens is 420 g/mol. The quantitative estimate of drug-likeness (QED) is 0.492. The van der Waals surface area contributed by atoms with Gasteiger partial charge in [-0.05, 0) is 76.6 Å². The molecule has 0 aromatic heterocycles. The average Bonchev–Trinajstić information content (AvgIpc) is 3.13. The van der Waals surface area contributed by atoms with Crippen LogP contribution in [0.15, 0.2) is 29.8 Å². The Balaban J connectivity index is 1.82. The fraction of sp³-hybridized carbons (Fsp3) is 0.615. The third-order valence-corrected chi connectivity index (χ3v) is 8.30. The highest BCUT2D eigenvalue weighted by molar-refractivity contribution is 5.96. The van der Waals surface area contributed by atoms with Gasteiger partial charge in [0.2, 0.25) is 0 Å². The number of carbonyl (C=O) groups excluding carboxylic acids is 2. The first kappa shape index (κ1) is 22.3. The van der Waals surface area contributed by atoms with Gasteiger partial charge in [0.1, 0.15) is 17.0 Å². The lowest BCUT2D eigenvalue weighted by molar-refractivity contribution is -0.154. The number of nitrogens with zero attached hydrogens (tertiary/aromatic N) is 2. The summed E-state index contributed by atoms with van der Waals surface area (Å²) in [6.45, 7) is 9.24. The monoisotopic (exact) mass is 454 g/mol. The van der Waals surface area contributed by atoms with Crippen LogP contribution in [0.25, 0.3) is 0 Å². The van der Waals surface area contributed by atoms with Crippen molar-refractivity contribution < 1.29 is 23.8 Å². The van der Waals surface area contributed by atoms with Gasteiger partial charge < -0.3 is 14.2 Å². The van der Waals surface area contributed by atoms with Crippen LogP contribution in [0.2, 0.25) is 0 Å². The standard InChI is InChI=1S/C26H34N2O5/c1-7-16-15-27-13-12-25-19-14-17(31-5)8-9-20(19)28(23(30)33-24(2,3)4)26(25,27)11-10-18(16)21(25)22(29)32-6/h7-9,14,18,21H,10-13,15H2,1-6H3/b16-7-/t18-,21-,25-,26+/m0/s1. The molecule has 4 fully saturated rings. The van der Waals surface area contributed by atoms with Crippen molar-refractivity contribution in [3.05, 3.63) is 35.4 Å². The third kappa shape index (κ3) is 2.71. The fourth-order valence-corrected chi connectivity index (χ4v) is 7.30. The maximum atomic E-state index is 13.9. The summed E-state index contributed by atoms with van der Waals surface area (Å²) in [6, 6.07) is 5.86. The summed E-state index contributed by atoms with van der Waals surface area (Å²) in [7, 11) is 3.12. The number of fused-ring (bicyclic) bond motifs is 3. The van der Waals surface area contributed by atoms with Crippen molar-refractivity contribution in [2.75, 3.05) is 32.2 Å². The zero-order valence-electron chi connectivity index (χ0n) is 20.4. The van der Waals surface area contributed by atoms with Gasteiger partial charge in [-0.3, -0.25) is 14.6 Å². The van der Waals surface area contributed by atoms with Crippen LogP contribution in [0.5, 0.6) is 5.75 Å². The van der Waals surface area contributed by atoms with Crippen molar-refractivity contribution >= 4 is 17.7 Å². The van der Waals surface area contributed by atoms with Crippen LogP contribution in [-0.4, -0.2) is 55.5 Å². The van der Waals surface area contributed by atoms with Crippen molar-refractivity contribution in [3.63, 3.8) is 0 Å². The summed E-state index contributed by atoms with van der Waals surface area (Å²) in [5, 5.41) is 0. The topological polar surface area (TPSA) is 68.3 Å². The lowest BCUT2D eigenvalue weighted by Crippen LogP contribution is -2.68. The third-order valence-electron chi connectivity index (χ3n) is 8.30. The Morgan fingerprint density at radius 3 is 2.58 bits per heavy atom. The molecule has 6 rings (SSSR count). The summed E-state index contributed by atoms with van der Waals surface area (Å²) in [6.07, 6.45) is 4.16. The molecule has 1 saturated carbocycles. The number of carbonyl (C=O) groups is 2. The van der Waals surface area contributed by atoms with E-state index >= 15 is 0 Å². The van der Waals surface area contributed by atoms with E-state index < -0.39 is 16.7 Å². The Morgan fingerprint density at radius 2 is 1.94 bits per heavy atom. The number of allylic oxidation sites excluding steroid dienone is 1. The molecule has 1 aromatic carbocycles. The predicted molar refractivity (Wildman–Crippen MR) is 124 cm³/mol. The van der Waals surface area contributed by atoms with Gasteiger partial charge in [0, 0.05) is 13.1 Å². The normalized spacial score (nSPS) is 35.2. The van der Waals surface area contributed by atoms with Crippen molar-refractivity contribution in [3.8, 4) is 5.75 Å². The van der Waals surface area contributed by atoms with Gasteiger partial charge in [0.15, 0.2) is 0 Å². The van der Waals surface area contributed by atoms with Gasteiger partial charge in [-0.15, -0.1) is 0 Å². The largest absolute Gasteiger partial charge is 0.497 e. The molecule has 7 nitrogen and oxygen atoms in total. The second kappa shape index (κ2) is 7.23. The van der Waals surface area contributed by atoms with E-state index in [1.165, 1.54) is 12.7 Å². The van der Waals surface area contributed by atoms with Crippen LogP contribution < -0.4 is 9.64 Å². The van der Waals surface area contributed by atoms with Gasteiger partial charge in [0.25, 0.3) is 0 Å². The molecule has 1 spiro atoms. The highest BCUT2D eigenvalue weighted by atomic mass is 16.6. The number of esters is 1. The summed E-state index contributed by atoms with van der Waals surface area (Å²) in [5.41, 5.74) is 1.16. The van der Waals surface area contributed by atoms with Gasteiger partial charge >= 0.3 is 12.1 Å².